The summed E-state index contributed by atoms with van der Waals surface area (Å²) in [5, 5.41) is 3.34. The van der Waals surface area contributed by atoms with Gasteiger partial charge < -0.3 is 19.9 Å². The zero-order valence-corrected chi connectivity index (χ0v) is 18.5. The number of rotatable bonds is 6. The van der Waals surface area contributed by atoms with Crippen molar-refractivity contribution in [3.05, 3.63) is 30.3 Å². The van der Waals surface area contributed by atoms with Crippen molar-refractivity contribution in [3.63, 3.8) is 0 Å². The predicted molar refractivity (Wildman–Crippen MR) is 117 cm³/mol. The zero-order valence-electron chi connectivity index (χ0n) is 16.1. The van der Waals surface area contributed by atoms with E-state index in [0.29, 0.717) is 13.1 Å². The third-order valence-electron chi connectivity index (χ3n) is 4.64. The van der Waals surface area contributed by atoms with Crippen LogP contribution in [-0.2, 0) is 9.53 Å². The van der Waals surface area contributed by atoms with Crippen LogP contribution in [0.25, 0.3) is 0 Å². The highest BCUT2D eigenvalue weighted by molar-refractivity contribution is 14.0. The van der Waals surface area contributed by atoms with E-state index in [9.17, 15) is 4.79 Å². The van der Waals surface area contributed by atoms with Gasteiger partial charge in [-0.1, -0.05) is 25.1 Å². The van der Waals surface area contributed by atoms with Gasteiger partial charge in [0, 0.05) is 38.9 Å². The van der Waals surface area contributed by atoms with Crippen LogP contribution < -0.4 is 10.2 Å². The van der Waals surface area contributed by atoms with E-state index in [1.54, 1.807) is 0 Å². The normalized spacial score (nSPS) is 19.7. The minimum atomic E-state index is -0.130. The lowest BCUT2D eigenvalue weighted by molar-refractivity contribution is -0.145. The number of ether oxygens (including phenoxy) is 1. The first kappa shape index (κ1) is 22.5. The number of carbonyl (C=O) groups is 1. The molecule has 0 bridgehead atoms. The Morgan fingerprint density at radius 2 is 2.04 bits per heavy atom. The Morgan fingerprint density at radius 1 is 1.35 bits per heavy atom. The van der Waals surface area contributed by atoms with Gasteiger partial charge in [0.2, 0.25) is 0 Å². The lowest BCUT2D eigenvalue weighted by Crippen LogP contribution is -2.41. The van der Waals surface area contributed by atoms with Crippen molar-refractivity contribution in [2.45, 2.75) is 13.8 Å². The number of hydrogen-bond donors (Lipinski definition) is 1. The van der Waals surface area contributed by atoms with Crippen molar-refractivity contribution >= 4 is 41.6 Å². The van der Waals surface area contributed by atoms with Crippen molar-refractivity contribution in [3.8, 4) is 0 Å². The van der Waals surface area contributed by atoms with Crippen LogP contribution in [0, 0.1) is 11.8 Å². The molecule has 26 heavy (non-hydrogen) atoms. The lowest BCUT2D eigenvalue weighted by atomic mass is 9.99. The summed E-state index contributed by atoms with van der Waals surface area (Å²) >= 11 is 0. The van der Waals surface area contributed by atoms with Gasteiger partial charge in [-0.25, -0.2) is 0 Å². The van der Waals surface area contributed by atoms with Gasteiger partial charge in [0.1, 0.15) is 0 Å². The molecule has 6 nitrogen and oxygen atoms in total. The summed E-state index contributed by atoms with van der Waals surface area (Å²) in [6.45, 7) is 7.97. The molecule has 1 saturated heterocycles. The molecule has 0 saturated carbocycles. The maximum atomic E-state index is 11.9. The molecule has 1 aliphatic heterocycles. The van der Waals surface area contributed by atoms with E-state index in [2.05, 4.69) is 48.1 Å². The highest BCUT2D eigenvalue weighted by Gasteiger charge is 2.36. The maximum Gasteiger partial charge on any atom is 0.310 e. The Hall–Kier alpha value is -1.51. The van der Waals surface area contributed by atoms with E-state index in [0.717, 1.165) is 25.6 Å². The highest BCUT2D eigenvalue weighted by atomic mass is 127. The molecule has 1 heterocycles. The molecular formula is C19H31IN4O2. The molecule has 146 valence electrons. The first-order chi connectivity index (χ1) is 12.1. The molecule has 1 N–H and O–H groups in total. The van der Waals surface area contributed by atoms with Crippen LogP contribution >= 0.6 is 24.0 Å². The van der Waals surface area contributed by atoms with Crippen LogP contribution in [0.15, 0.2) is 35.3 Å². The van der Waals surface area contributed by atoms with Gasteiger partial charge in [0.15, 0.2) is 5.96 Å². The summed E-state index contributed by atoms with van der Waals surface area (Å²) in [5.74, 6) is 0.932. The summed E-state index contributed by atoms with van der Waals surface area (Å²) in [7, 11) is 3.53. The smallest absolute Gasteiger partial charge is 0.310 e. The van der Waals surface area contributed by atoms with E-state index in [1.165, 1.54) is 12.8 Å². The molecule has 1 aliphatic rings. The average molecular weight is 474 g/mol. The molecule has 1 fully saturated rings. The van der Waals surface area contributed by atoms with Gasteiger partial charge in [0.05, 0.1) is 19.6 Å². The molecular weight excluding hydrogens is 443 g/mol. The summed E-state index contributed by atoms with van der Waals surface area (Å²) in [4.78, 5) is 21.0. The zero-order chi connectivity index (χ0) is 18.2. The summed E-state index contributed by atoms with van der Waals surface area (Å²) in [6.07, 6.45) is 0. The molecule has 2 atom stereocenters. The van der Waals surface area contributed by atoms with Gasteiger partial charge in [-0.15, -0.1) is 24.0 Å². The number of methoxy groups -OCH3 is 1. The summed E-state index contributed by atoms with van der Waals surface area (Å²) < 4.78 is 4.92. The number of guanidine groups is 1. The topological polar surface area (TPSA) is 57.2 Å². The van der Waals surface area contributed by atoms with E-state index >= 15 is 0 Å². The van der Waals surface area contributed by atoms with Crippen molar-refractivity contribution in [2.75, 3.05) is 51.8 Å². The largest absolute Gasteiger partial charge is 0.469 e. The van der Waals surface area contributed by atoms with Crippen LogP contribution in [0.1, 0.15) is 13.8 Å². The number of aliphatic imine (C=N–C) groups is 1. The fraction of sp³-hybridized carbons (Fsp3) is 0.579. The first-order valence-electron chi connectivity index (χ1n) is 8.94. The second-order valence-corrected chi connectivity index (χ2v) is 6.50. The number of nitrogens with one attached hydrogen (secondary N) is 1. The SMILES string of the molecule is CCNC(=NCCN(C)c1ccccc1)N1CC(C)C(C(=O)OC)C1.I. The number of benzene rings is 1. The molecule has 0 amide bonds. The number of para-hydroxylation sites is 1. The van der Waals surface area contributed by atoms with Crippen LogP contribution in [0.5, 0.6) is 0 Å². The Labute approximate surface area is 174 Å². The third kappa shape index (κ3) is 6.03. The number of nitrogens with zero attached hydrogens (tertiary/aromatic N) is 3. The maximum absolute atomic E-state index is 11.9. The predicted octanol–water partition coefficient (Wildman–Crippen LogP) is 2.45. The van der Waals surface area contributed by atoms with Crippen molar-refractivity contribution in [2.24, 2.45) is 16.8 Å². The second-order valence-electron chi connectivity index (χ2n) is 6.50. The minimum Gasteiger partial charge on any atom is -0.469 e. The van der Waals surface area contributed by atoms with Crippen LogP contribution in [0.4, 0.5) is 5.69 Å². The standard InChI is InChI=1S/C19H30N4O2.HI/c1-5-20-19(23-13-15(2)17(14-23)18(24)25-4)21-11-12-22(3)16-9-7-6-8-10-16;/h6-10,15,17H,5,11-14H2,1-4H3,(H,20,21);1H. The number of likely N-dealkylation sites (N-methyl/N-ethyl adjacent to an activating group) is 1. The molecule has 2 rings (SSSR count). The number of carbonyl (C=O) groups excluding carboxylic acids is 1. The number of halogens is 1. The number of likely N-dealkylation sites (tertiary alicyclic amines) is 1. The Morgan fingerprint density at radius 3 is 2.65 bits per heavy atom. The summed E-state index contributed by atoms with van der Waals surface area (Å²) in [6, 6.07) is 10.3. The molecule has 7 heteroatoms. The second kappa shape index (κ2) is 11.3. The molecule has 0 spiro atoms. The first-order valence-corrected chi connectivity index (χ1v) is 8.94. The van der Waals surface area contributed by atoms with Gasteiger partial charge in [-0.3, -0.25) is 9.79 Å². The number of hydrogen-bond acceptors (Lipinski definition) is 4. The Bertz CT molecular complexity index is 582. The van der Waals surface area contributed by atoms with Crippen LogP contribution in [-0.4, -0.2) is 63.7 Å². The monoisotopic (exact) mass is 474 g/mol. The number of esters is 1. The highest BCUT2D eigenvalue weighted by Crippen LogP contribution is 2.24. The molecule has 0 aliphatic carbocycles. The molecule has 0 aromatic heterocycles. The van der Waals surface area contributed by atoms with Crippen molar-refractivity contribution in [1.82, 2.24) is 10.2 Å². The van der Waals surface area contributed by atoms with Gasteiger partial charge in [-0.05, 0) is 25.0 Å². The van der Waals surface area contributed by atoms with E-state index in [4.69, 9.17) is 9.73 Å². The van der Waals surface area contributed by atoms with E-state index in [-0.39, 0.29) is 41.8 Å². The van der Waals surface area contributed by atoms with Crippen molar-refractivity contribution in [1.29, 1.82) is 0 Å². The lowest BCUT2D eigenvalue weighted by Gasteiger charge is -2.23. The fourth-order valence-electron chi connectivity index (χ4n) is 3.14. The molecule has 0 radical (unpaired) electrons. The molecule has 2 unspecified atom stereocenters. The van der Waals surface area contributed by atoms with Crippen LogP contribution in [0.2, 0.25) is 0 Å². The van der Waals surface area contributed by atoms with Crippen molar-refractivity contribution < 1.29 is 9.53 Å². The summed E-state index contributed by atoms with van der Waals surface area (Å²) in [5.41, 5.74) is 1.18. The minimum absolute atomic E-state index is 0. The van der Waals surface area contributed by atoms with Gasteiger partial charge in [-0.2, -0.15) is 0 Å². The quantitative estimate of drug-likeness (QED) is 0.297. The number of anilines is 1. The van der Waals surface area contributed by atoms with Gasteiger partial charge >= 0.3 is 5.97 Å². The average Bonchev–Trinajstić information content (AvgIpc) is 3.02. The Kier molecular flexibility index (Phi) is 9.75. The Balaban J connectivity index is 0.00000338. The van der Waals surface area contributed by atoms with Gasteiger partial charge in [0.25, 0.3) is 0 Å². The van der Waals surface area contributed by atoms with Crippen LogP contribution in [0.3, 0.4) is 0 Å². The van der Waals surface area contributed by atoms with E-state index < -0.39 is 0 Å². The molecule has 1 aromatic carbocycles. The third-order valence-corrected chi connectivity index (χ3v) is 4.64. The van der Waals surface area contributed by atoms with E-state index in [1.807, 2.05) is 18.2 Å². The fourth-order valence-corrected chi connectivity index (χ4v) is 3.14. The molecule has 1 aromatic rings.